The van der Waals surface area contributed by atoms with E-state index in [1.54, 1.807) is 0 Å². The van der Waals surface area contributed by atoms with Crippen LogP contribution in [0.3, 0.4) is 0 Å². The number of amides is 1. The smallest absolute Gasteiger partial charge is 0.255 e. The van der Waals surface area contributed by atoms with Crippen LogP contribution < -0.4 is 11.1 Å². The first-order chi connectivity index (χ1) is 6.52. The molecule has 0 saturated carbocycles. The molecule has 0 spiro atoms. The molecular formula is C9H18F2N2O. The number of halogens is 2. The Labute approximate surface area is 83.0 Å². The van der Waals surface area contributed by atoms with Gasteiger partial charge in [-0.25, -0.2) is 8.78 Å². The van der Waals surface area contributed by atoms with Gasteiger partial charge in [0.1, 0.15) is 0 Å². The first kappa shape index (κ1) is 13.3. The summed E-state index contributed by atoms with van der Waals surface area (Å²) in [5, 5.41) is 2.21. The molecule has 0 rings (SSSR count). The Morgan fingerprint density at radius 2 is 1.93 bits per heavy atom. The Morgan fingerprint density at radius 3 is 2.21 bits per heavy atom. The summed E-state index contributed by atoms with van der Waals surface area (Å²) in [5.41, 5.74) is 4.80. The van der Waals surface area contributed by atoms with Crippen molar-refractivity contribution in [2.24, 2.45) is 11.1 Å². The van der Waals surface area contributed by atoms with Gasteiger partial charge in [-0.3, -0.25) is 4.79 Å². The fourth-order valence-corrected chi connectivity index (χ4v) is 1.31. The van der Waals surface area contributed by atoms with Crippen molar-refractivity contribution < 1.29 is 13.6 Å². The largest absolute Gasteiger partial charge is 0.350 e. The van der Waals surface area contributed by atoms with Crippen molar-refractivity contribution in [3.05, 3.63) is 0 Å². The molecule has 0 atom stereocenters. The molecule has 0 aliphatic heterocycles. The predicted octanol–water partition coefficient (Wildman–Crippen LogP) is 1.13. The molecule has 0 saturated heterocycles. The van der Waals surface area contributed by atoms with E-state index in [-0.39, 0.29) is 12.5 Å². The lowest BCUT2D eigenvalue weighted by molar-refractivity contribution is -0.131. The van der Waals surface area contributed by atoms with Crippen molar-refractivity contribution in [3.8, 4) is 0 Å². The van der Waals surface area contributed by atoms with E-state index in [9.17, 15) is 13.6 Å². The molecule has 0 bridgehead atoms. The van der Waals surface area contributed by atoms with Crippen LogP contribution in [0.1, 0.15) is 26.7 Å². The highest BCUT2D eigenvalue weighted by molar-refractivity contribution is 5.82. The molecule has 5 heteroatoms. The molecule has 3 nitrogen and oxygen atoms in total. The Hall–Kier alpha value is -0.710. The lowest BCUT2D eigenvalue weighted by atomic mass is 9.81. The lowest BCUT2D eigenvalue weighted by Gasteiger charge is -2.28. The first-order valence-corrected chi connectivity index (χ1v) is 4.79. The minimum Gasteiger partial charge on any atom is -0.350 e. The minimum atomic E-state index is -2.51. The van der Waals surface area contributed by atoms with Gasteiger partial charge in [0.25, 0.3) is 6.43 Å². The number of rotatable bonds is 6. The quantitative estimate of drug-likeness (QED) is 0.687. The van der Waals surface area contributed by atoms with Crippen LogP contribution in [-0.2, 0) is 4.79 Å². The highest BCUT2D eigenvalue weighted by Gasteiger charge is 2.33. The maximum Gasteiger partial charge on any atom is 0.255 e. The summed E-state index contributed by atoms with van der Waals surface area (Å²) in [6, 6.07) is 0. The van der Waals surface area contributed by atoms with Crippen LogP contribution in [-0.4, -0.2) is 25.4 Å². The molecule has 0 heterocycles. The van der Waals surface area contributed by atoms with Crippen molar-refractivity contribution in [1.29, 1.82) is 0 Å². The van der Waals surface area contributed by atoms with Crippen molar-refractivity contribution in [1.82, 2.24) is 5.32 Å². The zero-order chi connectivity index (χ0) is 11.2. The van der Waals surface area contributed by atoms with Gasteiger partial charge < -0.3 is 11.1 Å². The minimum absolute atomic E-state index is 0.190. The predicted molar refractivity (Wildman–Crippen MR) is 51.1 cm³/mol. The molecule has 0 aromatic carbocycles. The van der Waals surface area contributed by atoms with E-state index < -0.39 is 18.4 Å². The molecule has 1 amide bonds. The molecule has 0 fully saturated rings. The van der Waals surface area contributed by atoms with E-state index in [1.165, 1.54) is 0 Å². The van der Waals surface area contributed by atoms with Crippen molar-refractivity contribution in [2.45, 2.75) is 33.1 Å². The van der Waals surface area contributed by atoms with Crippen molar-refractivity contribution in [3.63, 3.8) is 0 Å². The summed E-state index contributed by atoms with van der Waals surface area (Å²) in [5.74, 6) is -0.370. The SMILES string of the molecule is CCC(CC)(CN)C(=O)NCC(F)F. The van der Waals surface area contributed by atoms with Crippen LogP contribution in [0.4, 0.5) is 8.78 Å². The fraction of sp³-hybridized carbons (Fsp3) is 0.889. The van der Waals surface area contributed by atoms with Gasteiger partial charge in [-0.15, -0.1) is 0 Å². The fourth-order valence-electron chi connectivity index (χ4n) is 1.31. The average molecular weight is 208 g/mol. The number of nitrogens with two attached hydrogens (primary N) is 1. The number of alkyl halides is 2. The third-order valence-corrected chi connectivity index (χ3v) is 2.64. The number of hydrogen-bond donors (Lipinski definition) is 2. The molecule has 0 unspecified atom stereocenters. The Kier molecular flexibility index (Phi) is 5.60. The summed E-state index contributed by atoms with van der Waals surface area (Å²) in [4.78, 5) is 11.5. The highest BCUT2D eigenvalue weighted by Crippen LogP contribution is 2.24. The van der Waals surface area contributed by atoms with E-state index >= 15 is 0 Å². The van der Waals surface area contributed by atoms with Crippen LogP contribution in [0.15, 0.2) is 0 Å². The van der Waals surface area contributed by atoms with Gasteiger partial charge in [-0.2, -0.15) is 0 Å². The third kappa shape index (κ3) is 3.21. The molecule has 84 valence electrons. The van der Waals surface area contributed by atoms with E-state index in [4.69, 9.17) is 5.73 Å². The number of nitrogens with one attached hydrogen (secondary N) is 1. The maximum atomic E-state index is 11.8. The Balaban J connectivity index is 4.29. The summed E-state index contributed by atoms with van der Waals surface area (Å²) < 4.78 is 23.7. The highest BCUT2D eigenvalue weighted by atomic mass is 19.3. The number of hydrogen-bond acceptors (Lipinski definition) is 2. The first-order valence-electron chi connectivity index (χ1n) is 4.79. The monoisotopic (exact) mass is 208 g/mol. The van der Waals surface area contributed by atoms with Gasteiger partial charge in [0.05, 0.1) is 12.0 Å². The second-order valence-electron chi connectivity index (χ2n) is 3.29. The van der Waals surface area contributed by atoms with Crippen LogP contribution in [0, 0.1) is 5.41 Å². The van der Waals surface area contributed by atoms with Gasteiger partial charge in [0.15, 0.2) is 0 Å². The zero-order valence-corrected chi connectivity index (χ0v) is 8.65. The normalized spacial score (nSPS) is 11.9. The Morgan fingerprint density at radius 1 is 1.43 bits per heavy atom. The molecule has 0 aromatic heterocycles. The summed E-state index contributed by atoms with van der Waals surface area (Å²) >= 11 is 0. The molecule has 0 radical (unpaired) electrons. The van der Waals surface area contributed by atoms with E-state index in [0.29, 0.717) is 12.8 Å². The summed E-state index contributed by atoms with van der Waals surface area (Å²) in [6.07, 6.45) is -1.38. The molecule has 0 aliphatic carbocycles. The second-order valence-corrected chi connectivity index (χ2v) is 3.29. The van der Waals surface area contributed by atoms with Gasteiger partial charge >= 0.3 is 0 Å². The van der Waals surface area contributed by atoms with Gasteiger partial charge in [0, 0.05) is 6.54 Å². The topological polar surface area (TPSA) is 55.1 Å². The van der Waals surface area contributed by atoms with Crippen molar-refractivity contribution >= 4 is 5.91 Å². The Bertz CT molecular complexity index is 173. The van der Waals surface area contributed by atoms with E-state index in [1.807, 2.05) is 13.8 Å². The van der Waals surface area contributed by atoms with Gasteiger partial charge in [0.2, 0.25) is 5.91 Å². The van der Waals surface area contributed by atoms with Crippen LogP contribution in [0.5, 0.6) is 0 Å². The van der Waals surface area contributed by atoms with Crippen LogP contribution in [0.25, 0.3) is 0 Å². The van der Waals surface area contributed by atoms with Gasteiger partial charge in [-0.05, 0) is 12.8 Å². The molecule has 0 aliphatic rings. The summed E-state index contributed by atoms with van der Waals surface area (Å²) in [7, 11) is 0. The van der Waals surface area contributed by atoms with Crippen molar-refractivity contribution in [2.75, 3.05) is 13.1 Å². The number of carbonyl (C=O) groups is 1. The van der Waals surface area contributed by atoms with E-state index in [0.717, 1.165) is 0 Å². The molecule has 0 aromatic rings. The third-order valence-electron chi connectivity index (χ3n) is 2.64. The average Bonchev–Trinajstić information content (AvgIpc) is 2.18. The second kappa shape index (κ2) is 5.90. The number of carbonyl (C=O) groups excluding carboxylic acids is 1. The molecule has 3 N–H and O–H groups in total. The standard InChI is InChI=1S/C9H18F2N2O/c1-3-9(4-2,6-12)8(14)13-5-7(10)11/h7H,3-6,12H2,1-2H3,(H,13,14). The van der Waals surface area contributed by atoms with E-state index in [2.05, 4.69) is 5.32 Å². The zero-order valence-electron chi connectivity index (χ0n) is 8.65. The lowest BCUT2D eigenvalue weighted by Crippen LogP contribution is -2.46. The maximum absolute atomic E-state index is 11.8. The summed E-state index contributed by atoms with van der Waals surface area (Å²) in [6.45, 7) is 3.26. The van der Waals surface area contributed by atoms with Gasteiger partial charge in [-0.1, -0.05) is 13.8 Å². The molecule has 14 heavy (non-hydrogen) atoms. The molecular weight excluding hydrogens is 190 g/mol. The van der Waals surface area contributed by atoms with Crippen LogP contribution in [0.2, 0.25) is 0 Å². The van der Waals surface area contributed by atoms with Crippen LogP contribution >= 0.6 is 0 Å².